The van der Waals surface area contributed by atoms with Gasteiger partial charge in [0.2, 0.25) is 0 Å². The van der Waals surface area contributed by atoms with E-state index in [1.165, 1.54) is 41.1 Å². The van der Waals surface area contributed by atoms with Crippen molar-refractivity contribution in [3.63, 3.8) is 0 Å². The van der Waals surface area contributed by atoms with Crippen LogP contribution in [0.4, 0.5) is 0 Å². The first-order valence-corrected chi connectivity index (χ1v) is 8.63. The van der Waals surface area contributed by atoms with E-state index in [4.69, 9.17) is 4.98 Å². The Labute approximate surface area is 137 Å². The Kier molecular flexibility index (Phi) is 2.76. The van der Waals surface area contributed by atoms with Crippen molar-refractivity contribution in [2.45, 2.75) is 32.6 Å². The number of fused-ring (bicyclic) bond motifs is 5. The maximum atomic E-state index is 5.00. The van der Waals surface area contributed by atoms with Crippen molar-refractivity contribution < 1.29 is 0 Å². The lowest BCUT2D eigenvalue weighted by Gasteiger charge is -2.21. The molecule has 0 aliphatic heterocycles. The summed E-state index contributed by atoms with van der Waals surface area (Å²) in [4.78, 5) is 5.00. The van der Waals surface area contributed by atoms with Crippen LogP contribution in [-0.4, -0.2) is 23.9 Å². The van der Waals surface area contributed by atoms with Gasteiger partial charge >= 0.3 is 0 Å². The Morgan fingerprint density at radius 3 is 2.70 bits per heavy atom. The molecule has 0 atom stereocenters. The molecule has 0 amide bonds. The number of rotatable bonds is 1. The molecule has 0 saturated carbocycles. The minimum atomic E-state index is 0.976. The quantitative estimate of drug-likeness (QED) is 0.579. The summed E-state index contributed by atoms with van der Waals surface area (Å²) >= 11 is 1.28. The first-order chi connectivity index (χ1) is 11.3. The molecule has 3 heterocycles. The number of nitrogens with zero attached hydrogens (tertiary/aromatic N) is 4. The highest BCUT2D eigenvalue weighted by atomic mass is 32.1. The van der Waals surface area contributed by atoms with Gasteiger partial charge in [0, 0.05) is 16.6 Å². The largest absolute Gasteiger partial charge is 0.282 e. The zero-order valence-electron chi connectivity index (χ0n) is 12.8. The zero-order valence-corrected chi connectivity index (χ0v) is 13.6. The van der Waals surface area contributed by atoms with Gasteiger partial charge in [0.25, 0.3) is 0 Å². The second kappa shape index (κ2) is 4.83. The van der Waals surface area contributed by atoms with E-state index < -0.39 is 0 Å². The van der Waals surface area contributed by atoms with Gasteiger partial charge in [-0.15, -0.1) is 0 Å². The van der Waals surface area contributed by atoms with E-state index in [0.29, 0.717) is 0 Å². The van der Waals surface area contributed by atoms with Crippen molar-refractivity contribution >= 4 is 33.7 Å². The van der Waals surface area contributed by atoms with Crippen LogP contribution in [0.3, 0.4) is 0 Å². The number of hydrogen-bond acceptors (Lipinski definition) is 5. The Balaban J connectivity index is 1.94. The summed E-state index contributed by atoms with van der Waals surface area (Å²) in [7, 11) is 0. The van der Waals surface area contributed by atoms with Gasteiger partial charge in [0.1, 0.15) is 11.0 Å². The Bertz CT molecular complexity index is 1050. The van der Waals surface area contributed by atoms with Gasteiger partial charge in [0.15, 0.2) is 0 Å². The first-order valence-electron chi connectivity index (χ1n) is 7.90. The van der Waals surface area contributed by atoms with Gasteiger partial charge < -0.3 is 0 Å². The lowest BCUT2D eigenvalue weighted by molar-refractivity contribution is 0.689. The standard InChI is InChI=1S/C17H15N5S/c1-9-12(8-18-20-9)16-11-5-3-2-4-10(11)15-13(19-16)6-7-14-17(15)22-23-21-14/h6-8H,2-5H2,1H3,(H,18,20). The number of pyridine rings is 1. The van der Waals surface area contributed by atoms with Crippen LogP contribution in [0.25, 0.3) is 33.2 Å². The zero-order chi connectivity index (χ0) is 15.4. The molecule has 5 rings (SSSR count). The third-order valence-corrected chi connectivity index (χ3v) is 5.32. The van der Waals surface area contributed by atoms with Crippen molar-refractivity contribution in [2.75, 3.05) is 0 Å². The number of nitrogens with one attached hydrogen (secondary N) is 1. The predicted octanol–water partition coefficient (Wildman–Crippen LogP) is 3.82. The summed E-state index contributed by atoms with van der Waals surface area (Å²) in [6, 6.07) is 4.10. The molecule has 4 aromatic rings. The number of aromatic nitrogens is 5. The monoisotopic (exact) mass is 321 g/mol. The molecule has 114 valence electrons. The van der Waals surface area contributed by atoms with E-state index in [0.717, 1.165) is 46.3 Å². The second-order valence-electron chi connectivity index (χ2n) is 6.12. The average molecular weight is 321 g/mol. The fourth-order valence-corrected chi connectivity index (χ4v) is 4.22. The summed E-state index contributed by atoms with van der Waals surface area (Å²) < 4.78 is 8.93. The molecule has 0 unspecified atom stereocenters. The maximum absolute atomic E-state index is 5.00. The molecule has 6 heteroatoms. The van der Waals surface area contributed by atoms with Crippen LogP contribution in [0.15, 0.2) is 18.3 Å². The smallest absolute Gasteiger partial charge is 0.114 e. The van der Waals surface area contributed by atoms with E-state index in [2.05, 4.69) is 31.9 Å². The summed E-state index contributed by atoms with van der Waals surface area (Å²) in [6.45, 7) is 2.05. The van der Waals surface area contributed by atoms with E-state index in [1.54, 1.807) is 0 Å². The second-order valence-corrected chi connectivity index (χ2v) is 6.65. The highest BCUT2D eigenvalue weighted by Gasteiger charge is 2.22. The molecule has 23 heavy (non-hydrogen) atoms. The Morgan fingerprint density at radius 2 is 1.87 bits per heavy atom. The van der Waals surface area contributed by atoms with Crippen molar-refractivity contribution in [1.29, 1.82) is 0 Å². The molecule has 1 aromatic carbocycles. The van der Waals surface area contributed by atoms with E-state index in [9.17, 15) is 0 Å². The van der Waals surface area contributed by atoms with Gasteiger partial charge in [-0.2, -0.15) is 13.8 Å². The van der Waals surface area contributed by atoms with Gasteiger partial charge in [-0.3, -0.25) is 5.10 Å². The fourth-order valence-electron chi connectivity index (χ4n) is 3.67. The highest BCUT2D eigenvalue weighted by molar-refractivity contribution is 7.00. The third-order valence-electron chi connectivity index (χ3n) is 4.78. The summed E-state index contributed by atoms with van der Waals surface area (Å²) in [5.74, 6) is 0. The highest BCUT2D eigenvalue weighted by Crippen LogP contribution is 2.38. The molecule has 0 radical (unpaired) electrons. The van der Waals surface area contributed by atoms with Crippen LogP contribution in [0.2, 0.25) is 0 Å². The van der Waals surface area contributed by atoms with E-state index in [-0.39, 0.29) is 0 Å². The fraction of sp³-hybridized carbons (Fsp3) is 0.294. The molecule has 0 saturated heterocycles. The molecule has 3 aromatic heterocycles. The molecule has 5 nitrogen and oxygen atoms in total. The van der Waals surface area contributed by atoms with Gasteiger partial charge in [-0.1, -0.05) is 0 Å². The normalized spacial score (nSPS) is 14.5. The van der Waals surface area contributed by atoms with Crippen molar-refractivity contribution in [3.8, 4) is 11.3 Å². The van der Waals surface area contributed by atoms with E-state index >= 15 is 0 Å². The van der Waals surface area contributed by atoms with Crippen molar-refractivity contribution in [3.05, 3.63) is 35.2 Å². The number of H-pyrrole nitrogens is 1. The molecular formula is C17H15N5S. The number of benzene rings is 1. The lowest BCUT2D eigenvalue weighted by Crippen LogP contribution is -2.08. The average Bonchev–Trinajstić information content (AvgIpc) is 3.22. The molecule has 1 aliphatic carbocycles. The Hall–Kier alpha value is -2.34. The maximum Gasteiger partial charge on any atom is 0.114 e. The summed E-state index contributed by atoms with van der Waals surface area (Å²) in [5, 5.41) is 8.42. The molecule has 1 aliphatic rings. The number of hydrogen-bond donors (Lipinski definition) is 1. The van der Waals surface area contributed by atoms with Crippen LogP contribution in [0.5, 0.6) is 0 Å². The van der Waals surface area contributed by atoms with Crippen molar-refractivity contribution in [2.24, 2.45) is 0 Å². The topological polar surface area (TPSA) is 67.3 Å². The number of aryl methyl sites for hydroxylation is 2. The van der Waals surface area contributed by atoms with Gasteiger partial charge in [0.05, 0.1) is 29.1 Å². The molecule has 0 bridgehead atoms. The van der Waals surface area contributed by atoms with Crippen LogP contribution in [0, 0.1) is 6.92 Å². The summed E-state index contributed by atoms with van der Waals surface area (Å²) in [5.41, 5.74) is 9.05. The summed E-state index contributed by atoms with van der Waals surface area (Å²) in [6.07, 6.45) is 6.50. The molecular weight excluding hydrogens is 306 g/mol. The third kappa shape index (κ3) is 1.84. The van der Waals surface area contributed by atoms with Crippen molar-refractivity contribution in [1.82, 2.24) is 23.9 Å². The SMILES string of the molecule is Cc1[nH]ncc1-c1nc2ccc3nsnc3c2c2c1CCCC2. The van der Waals surface area contributed by atoms with Gasteiger partial charge in [-0.05, 0) is 55.9 Å². The Morgan fingerprint density at radius 1 is 1.04 bits per heavy atom. The lowest BCUT2D eigenvalue weighted by atomic mass is 9.86. The van der Waals surface area contributed by atoms with Crippen LogP contribution < -0.4 is 0 Å². The van der Waals surface area contributed by atoms with Crippen LogP contribution in [-0.2, 0) is 12.8 Å². The number of aromatic amines is 1. The van der Waals surface area contributed by atoms with E-state index in [1.807, 2.05) is 12.3 Å². The predicted molar refractivity (Wildman–Crippen MR) is 91.7 cm³/mol. The first kappa shape index (κ1) is 13.1. The minimum absolute atomic E-state index is 0.976. The minimum Gasteiger partial charge on any atom is -0.282 e. The van der Waals surface area contributed by atoms with Crippen LogP contribution >= 0.6 is 11.7 Å². The van der Waals surface area contributed by atoms with Crippen LogP contribution in [0.1, 0.15) is 29.7 Å². The van der Waals surface area contributed by atoms with Gasteiger partial charge in [-0.25, -0.2) is 4.98 Å². The molecule has 0 spiro atoms. The molecule has 1 N–H and O–H groups in total. The molecule has 0 fully saturated rings.